The minimum Gasteiger partial charge on any atom is -0.487 e. The lowest BCUT2D eigenvalue weighted by atomic mass is 10.3. The van der Waals surface area contributed by atoms with Crippen molar-refractivity contribution in [2.75, 3.05) is 0 Å². The van der Waals surface area contributed by atoms with Crippen LogP contribution in [0.15, 0.2) is 18.5 Å². The number of carbonyl (C=O) groups is 1. The molecule has 0 aliphatic carbocycles. The lowest BCUT2D eigenvalue weighted by Gasteiger charge is -2.02. The molecule has 0 saturated heterocycles. The van der Waals surface area contributed by atoms with Gasteiger partial charge in [0.1, 0.15) is 12.4 Å². The van der Waals surface area contributed by atoms with Crippen molar-refractivity contribution in [3.63, 3.8) is 0 Å². The number of nitrogens with zero attached hydrogens (tertiary/aromatic N) is 2. The van der Waals surface area contributed by atoms with Crippen molar-refractivity contribution in [3.05, 3.63) is 33.8 Å². The van der Waals surface area contributed by atoms with Crippen molar-refractivity contribution >= 4 is 17.3 Å². The van der Waals surface area contributed by atoms with Crippen molar-refractivity contribution in [3.8, 4) is 5.75 Å². The third kappa shape index (κ3) is 2.65. The van der Waals surface area contributed by atoms with E-state index in [2.05, 4.69) is 5.10 Å². The summed E-state index contributed by atoms with van der Waals surface area (Å²) in [5.41, 5.74) is 0.910. The Labute approximate surface area is 102 Å². The van der Waals surface area contributed by atoms with Gasteiger partial charge in [-0.3, -0.25) is 4.68 Å². The zero-order valence-corrected chi connectivity index (χ0v) is 10.3. The second-order valence-corrected chi connectivity index (χ2v) is 4.92. The van der Waals surface area contributed by atoms with E-state index in [1.165, 1.54) is 11.3 Å². The Morgan fingerprint density at radius 3 is 3.00 bits per heavy atom. The van der Waals surface area contributed by atoms with Gasteiger partial charge >= 0.3 is 5.97 Å². The van der Waals surface area contributed by atoms with Crippen molar-refractivity contribution in [1.82, 2.24) is 9.78 Å². The van der Waals surface area contributed by atoms with E-state index in [9.17, 15) is 4.79 Å². The van der Waals surface area contributed by atoms with Crippen molar-refractivity contribution in [2.24, 2.45) is 7.05 Å². The summed E-state index contributed by atoms with van der Waals surface area (Å²) in [4.78, 5) is 12.1. The molecule has 17 heavy (non-hydrogen) atoms. The highest BCUT2D eigenvalue weighted by molar-refractivity contribution is 7.14. The highest BCUT2D eigenvalue weighted by Crippen LogP contribution is 2.29. The number of hydrogen-bond donors (Lipinski definition) is 1. The van der Waals surface area contributed by atoms with Crippen molar-refractivity contribution in [1.29, 1.82) is 0 Å². The Bertz CT molecular complexity index is 545. The average molecular weight is 252 g/mol. The monoisotopic (exact) mass is 252 g/mol. The molecule has 0 unspecified atom stereocenters. The predicted octanol–water partition coefficient (Wildman–Crippen LogP) is 2.07. The van der Waals surface area contributed by atoms with Crippen molar-refractivity contribution in [2.45, 2.75) is 13.5 Å². The van der Waals surface area contributed by atoms with Gasteiger partial charge in [0.15, 0.2) is 4.88 Å². The zero-order valence-electron chi connectivity index (χ0n) is 9.51. The van der Waals surface area contributed by atoms with E-state index in [0.29, 0.717) is 12.4 Å². The number of hydrogen-bond acceptors (Lipinski definition) is 4. The Morgan fingerprint density at radius 2 is 2.41 bits per heavy atom. The molecule has 2 aromatic heterocycles. The van der Waals surface area contributed by atoms with Gasteiger partial charge < -0.3 is 9.84 Å². The number of aryl methyl sites for hydroxylation is 2. The smallest absolute Gasteiger partial charge is 0.349 e. The summed E-state index contributed by atoms with van der Waals surface area (Å²) in [7, 11) is 1.82. The largest absolute Gasteiger partial charge is 0.487 e. The summed E-state index contributed by atoms with van der Waals surface area (Å²) in [6, 6.07) is 1.74. The highest BCUT2D eigenvalue weighted by atomic mass is 32.1. The third-order valence-corrected chi connectivity index (χ3v) is 3.19. The van der Waals surface area contributed by atoms with Crippen LogP contribution in [0, 0.1) is 6.92 Å². The molecule has 2 aromatic rings. The second kappa shape index (κ2) is 4.58. The van der Waals surface area contributed by atoms with Crippen LogP contribution in [0.1, 0.15) is 20.1 Å². The highest BCUT2D eigenvalue weighted by Gasteiger charge is 2.15. The Hall–Kier alpha value is -1.82. The van der Waals surface area contributed by atoms with Crippen LogP contribution in [0.3, 0.4) is 0 Å². The maximum atomic E-state index is 11.0. The molecular weight excluding hydrogens is 240 g/mol. The van der Waals surface area contributed by atoms with Gasteiger partial charge in [0.25, 0.3) is 0 Å². The summed E-state index contributed by atoms with van der Waals surface area (Å²) in [6.45, 7) is 2.18. The summed E-state index contributed by atoms with van der Waals surface area (Å²) in [5.74, 6) is -0.534. The van der Waals surface area contributed by atoms with Gasteiger partial charge in [-0.2, -0.15) is 5.10 Å². The summed E-state index contributed by atoms with van der Waals surface area (Å²) in [5, 5.41) is 13.0. The van der Waals surface area contributed by atoms with E-state index in [0.717, 1.165) is 10.4 Å². The molecule has 0 saturated carbocycles. The first-order valence-electron chi connectivity index (χ1n) is 5.00. The molecule has 0 radical (unpaired) electrons. The maximum absolute atomic E-state index is 11.0. The molecule has 0 aromatic carbocycles. The van der Waals surface area contributed by atoms with Gasteiger partial charge in [-0.25, -0.2) is 4.79 Å². The molecule has 2 rings (SSSR count). The first kappa shape index (κ1) is 11.7. The van der Waals surface area contributed by atoms with Crippen LogP contribution in [0.2, 0.25) is 0 Å². The van der Waals surface area contributed by atoms with E-state index in [1.807, 2.05) is 20.2 Å². The number of rotatable bonds is 4. The molecule has 0 aliphatic rings. The fourth-order valence-corrected chi connectivity index (χ4v) is 2.25. The lowest BCUT2D eigenvalue weighted by molar-refractivity contribution is 0.0697. The molecule has 0 atom stereocenters. The number of carboxylic acids is 1. The fourth-order valence-electron chi connectivity index (χ4n) is 1.45. The quantitative estimate of drug-likeness (QED) is 0.904. The minimum atomic E-state index is -0.954. The summed E-state index contributed by atoms with van der Waals surface area (Å²) in [6.07, 6.45) is 3.53. The van der Waals surface area contributed by atoms with E-state index < -0.39 is 5.97 Å². The molecule has 90 valence electrons. The van der Waals surface area contributed by atoms with E-state index in [-0.39, 0.29) is 4.88 Å². The van der Waals surface area contributed by atoms with Crippen LogP contribution in [-0.4, -0.2) is 20.9 Å². The SMILES string of the molecule is Cc1cc(OCc2cnn(C)c2)c(C(=O)O)s1. The maximum Gasteiger partial charge on any atom is 0.349 e. The number of carboxylic acid groups (broad SMARTS) is 1. The molecule has 0 bridgehead atoms. The first-order chi connectivity index (χ1) is 8.06. The van der Waals surface area contributed by atoms with Gasteiger partial charge in [-0.15, -0.1) is 11.3 Å². The lowest BCUT2D eigenvalue weighted by Crippen LogP contribution is -1.99. The van der Waals surface area contributed by atoms with Gasteiger partial charge in [0, 0.05) is 23.7 Å². The molecule has 6 heteroatoms. The standard InChI is InChI=1S/C11H12N2O3S/c1-7-3-9(10(17-7)11(14)15)16-6-8-4-12-13(2)5-8/h3-5H,6H2,1-2H3,(H,14,15). The number of thiophene rings is 1. The van der Waals surface area contributed by atoms with E-state index in [1.54, 1.807) is 16.9 Å². The van der Waals surface area contributed by atoms with Gasteiger partial charge in [0.05, 0.1) is 6.20 Å². The van der Waals surface area contributed by atoms with Crippen LogP contribution >= 0.6 is 11.3 Å². The third-order valence-electron chi connectivity index (χ3n) is 2.17. The van der Waals surface area contributed by atoms with Crippen LogP contribution in [0.5, 0.6) is 5.75 Å². The first-order valence-corrected chi connectivity index (χ1v) is 5.82. The van der Waals surface area contributed by atoms with E-state index in [4.69, 9.17) is 9.84 Å². The van der Waals surface area contributed by atoms with Crippen LogP contribution in [-0.2, 0) is 13.7 Å². The second-order valence-electron chi connectivity index (χ2n) is 3.67. The normalized spacial score (nSPS) is 10.5. The number of aromatic nitrogens is 2. The molecule has 0 fully saturated rings. The zero-order chi connectivity index (χ0) is 12.4. The van der Waals surface area contributed by atoms with Gasteiger partial charge in [-0.05, 0) is 13.0 Å². The molecule has 5 nitrogen and oxygen atoms in total. The molecule has 1 N–H and O–H groups in total. The fraction of sp³-hybridized carbons (Fsp3) is 0.273. The predicted molar refractivity (Wildman–Crippen MR) is 63.6 cm³/mol. The van der Waals surface area contributed by atoms with Crippen LogP contribution in [0.4, 0.5) is 0 Å². The molecular formula is C11H12N2O3S. The summed E-state index contributed by atoms with van der Waals surface area (Å²) < 4.78 is 7.17. The Balaban J connectivity index is 2.11. The van der Waals surface area contributed by atoms with Gasteiger partial charge in [0.2, 0.25) is 0 Å². The van der Waals surface area contributed by atoms with Crippen LogP contribution < -0.4 is 4.74 Å². The number of ether oxygens (including phenoxy) is 1. The topological polar surface area (TPSA) is 64.4 Å². The number of aromatic carboxylic acids is 1. The molecule has 0 amide bonds. The van der Waals surface area contributed by atoms with Gasteiger partial charge in [-0.1, -0.05) is 0 Å². The molecule has 0 aliphatic heterocycles. The van der Waals surface area contributed by atoms with Crippen molar-refractivity contribution < 1.29 is 14.6 Å². The Morgan fingerprint density at radius 1 is 1.65 bits per heavy atom. The molecule has 0 spiro atoms. The van der Waals surface area contributed by atoms with E-state index >= 15 is 0 Å². The Kier molecular flexibility index (Phi) is 3.14. The molecule has 2 heterocycles. The minimum absolute atomic E-state index is 0.242. The summed E-state index contributed by atoms with van der Waals surface area (Å²) >= 11 is 1.22. The van der Waals surface area contributed by atoms with Crippen LogP contribution in [0.25, 0.3) is 0 Å². The average Bonchev–Trinajstić information content (AvgIpc) is 2.82.